The minimum Gasteiger partial charge on any atom is -0.550 e. The standard InChI is InChI=1S/C36H62O2/c1-2-3-4-5-6-7-8-9-10-11-12-13-14-15-16-17-18-19-20-21-22-23-24-25-26-27-28-29-30-31-32-33-34-35-36(37)38/h3-4,6-7,9-10,12-13,15-16H,2,5,8,11,14,17-35H2,1H3,(H,37,38)/p-1/b4-3-,7-6-,10-9-,13-12-,16-15-. The van der Waals surface area contributed by atoms with Crippen LogP contribution in [0.3, 0.4) is 0 Å². The Labute approximate surface area is 237 Å². The van der Waals surface area contributed by atoms with E-state index in [2.05, 4.69) is 67.7 Å². The van der Waals surface area contributed by atoms with Crippen molar-refractivity contribution in [3.8, 4) is 0 Å². The summed E-state index contributed by atoms with van der Waals surface area (Å²) < 4.78 is 0. The monoisotopic (exact) mass is 525 g/mol. The maximum atomic E-state index is 10.4. The summed E-state index contributed by atoms with van der Waals surface area (Å²) in [4.78, 5) is 10.4. The van der Waals surface area contributed by atoms with Gasteiger partial charge in [-0.25, -0.2) is 0 Å². The lowest BCUT2D eigenvalue weighted by Gasteiger charge is -2.04. The molecule has 0 aromatic rings. The van der Waals surface area contributed by atoms with E-state index in [-0.39, 0.29) is 6.42 Å². The molecule has 0 radical (unpaired) electrons. The summed E-state index contributed by atoms with van der Waals surface area (Å²) in [6.45, 7) is 2.17. The highest BCUT2D eigenvalue weighted by atomic mass is 16.4. The zero-order valence-electron chi connectivity index (χ0n) is 25.1. The van der Waals surface area contributed by atoms with E-state index in [1.165, 1.54) is 103 Å². The first-order chi connectivity index (χ1) is 18.8. The van der Waals surface area contributed by atoms with Crippen LogP contribution in [0, 0.1) is 0 Å². The number of hydrogen-bond donors (Lipinski definition) is 0. The van der Waals surface area contributed by atoms with Crippen LogP contribution < -0.4 is 5.11 Å². The van der Waals surface area contributed by atoms with Gasteiger partial charge in [0.1, 0.15) is 0 Å². The molecule has 0 spiro atoms. The van der Waals surface area contributed by atoms with E-state index in [4.69, 9.17) is 0 Å². The molecule has 0 heterocycles. The fraction of sp³-hybridized carbons (Fsp3) is 0.694. The molecule has 0 saturated heterocycles. The highest BCUT2D eigenvalue weighted by Gasteiger charge is 1.95. The van der Waals surface area contributed by atoms with Crippen LogP contribution in [0.2, 0.25) is 0 Å². The van der Waals surface area contributed by atoms with Gasteiger partial charge in [-0.2, -0.15) is 0 Å². The molecule has 0 rings (SSSR count). The summed E-state index contributed by atoms with van der Waals surface area (Å²) in [5, 5.41) is 10.4. The first kappa shape index (κ1) is 36.2. The summed E-state index contributed by atoms with van der Waals surface area (Å²) in [7, 11) is 0. The zero-order valence-corrected chi connectivity index (χ0v) is 25.1. The lowest BCUT2D eigenvalue weighted by molar-refractivity contribution is -0.305. The van der Waals surface area contributed by atoms with Crippen molar-refractivity contribution in [2.75, 3.05) is 0 Å². The highest BCUT2D eigenvalue weighted by Crippen LogP contribution is 2.14. The second-order valence-corrected chi connectivity index (χ2v) is 10.6. The van der Waals surface area contributed by atoms with E-state index in [1.807, 2.05) is 0 Å². The van der Waals surface area contributed by atoms with Crippen molar-refractivity contribution in [2.24, 2.45) is 0 Å². The van der Waals surface area contributed by atoms with Gasteiger partial charge in [-0.05, 0) is 57.8 Å². The highest BCUT2D eigenvalue weighted by molar-refractivity contribution is 5.64. The topological polar surface area (TPSA) is 40.1 Å². The molecule has 0 aliphatic heterocycles. The molecule has 0 atom stereocenters. The van der Waals surface area contributed by atoms with Gasteiger partial charge in [0.05, 0.1) is 0 Å². The summed E-state index contributed by atoms with van der Waals surface area (Å²) in [5.41, 5.74) is 0. The molecule has 0 aliphatic rings. The minimum atomic E-state index is -0.905. The fourth-order valence-electron chi connectivity index (χ4n) is 4.55. The molecule has 0 aliphatic carbocycles. The van der Waals surface area contributed by atoms with E-state index in [9.17, 15) is 9.90 Å². The average molecular weight is 526 g/mol. The number of carboxylic acids is 1. The molecule has 0 amide bonds. The number of rotatable bonds is 29. The van der Waals surface area contributed by atoms with Crippen LogP contribution in [-0.2, 0) is 4.79 Å². The summed E-state index contributed by atoms with van der Waals surface area (Å²) in [5.74, 6) is -0.905. The van der Waals surface area contributed by atoms with E-state index >= 15 is 0 Å². The van der Waals surface area contributed by atoms with Crippen molar-refractivity contribution >= 4 is 5.97 Å². The van der Waals surface area contributed by atoms with E-state index in [0.717, 1.165) is 44.9 Å². The van der Waals surface area contributed by atoms with Gasteiger partial charge in [0, 0.05) is 5.97 Å². The maximum Gasteiger partial charge on any atom is 0.0414 e. The van der Waals surface area contributed by atoms with Crippen molar-refractivity contribution in [3.63, 3.8) is 0 Å². The molecule has 218 valence electrons. The molecule has 0 bridgehead atoms. The number of aliphatic carboxylic acids is 1. The van der Waals surface area contributed by atoms with E-state index < -0.39 is 5.97 Å². The van der Waals surface area contributed by atoms with Crippen molar-refractivity contribution < 1.29 is 9.90 Å². The third-order valence-corrected chi connectivity index (χ3v) is 6.91. The summed E-state index contributed by atoms with van der Waals surface area (Å²) in [6, 6.07) is 0. The van der Waals surface area contributed by atoms with Crippen LogP contribution in [0.5, 0.6) is 0 Å². The Hall–Kier alpha value is -1.83. The van der Waals surface area contributed by atoms with Crippen molar-refractivity contribution in [1.82, 2.24) is 0 Å². The molecular weight excluding hydrogens is 464 g/mol. The number of carbonyl (C=O) groups excluding carboxylic acids is 1. The molecule has 0 unspecified atom stereocenters. The molecule has 0 aromatic heterocycles. The molecule has 2 heteroatoms. The van der Waals surface area contributed by atoms with Crippen LogP contribution in [0.15, 0.2) is 60.8 Å². The lowest BCUT2D eigenvalue weighted by Crippen LogP contribution is -2.21. The molecule has 2 nitrogen and oxygen atoms in total. The molecular formula is C36H61O2-. The number of hydrogen-bond acceptors (Lipinski definition) is 2. The largest absolute Gasteiger partial charge is 0.550 e. The lowest BCUT2D eigenvalue weighted by atomic mass is 10.0. The minimum absolute atomic E-state index is 0.228. The predicted octanol–water partition coefficient (Wildman–Crippen LogP) is 10.9. The average Bonchev–Trinajstić information content (AvgIpc) is 2.91. The van der Waals surface area contributed by atoms with Crippen molar-refractivity contribution in [1.29, 1.82) is 0 Å². The van der Waals surface area contributed by atoms with Gasteiger partial charge in [0.25, 0.3) is 0 Å². The van der Waals surface area contributed by atoms with Crippen LogP contribution in [-0.4, -0.2) is 5.97 Å². The van der Waals surface area contributed by atoms with E-state index in [0.29, 0.717) is 0 Å². The Morgan fingerprint density at radius 1 is 0.421 bits per heavy atom. The number of allylic oxidation sites excluding steroid dienone is 10. The van der Waals surface area contributed by atoms with Gasteiger partial charge in [-0.3, -0.25) is 0 Å². The van der Waals surface area contributed by atoms with Gasteiger partial charge in [0.2, 0.25) is 0 Å². The van der Waals surface area contributed by atoms with Gasteiger partial charge in [-0.1, -0.05) is 164 Å². The van der Waals surface area contributed by atoms with Crippen molar-refractivity contribution in [2.45, 2.75) is 161 Å². The van der Waals surface area contributed by atoms with Crippen LogP contribution in [0.4, 0.5) is 0 Å². The number of carboxylic acid groups (broad SMARTS) is 1. The van der Waals surface area contributed by atoms with Crippen molar-refractivity contribution in [3.05, 3.63) is 60.8 Å². The third-order valence-electron chi connectivity index (χ3n) is 6.91. The Balaban J connectivity index is 3.23. The van der Waals surface area contributed by atoms with Crippen LogP contribution in [0.1, 0.15) is 161 Å². The SMILES string of the molecule is CC/C=C\C/C=C\C/C=C\C/C=C\C/C=C\CCCCCCCCCCCCCCCCCCCC(=O)[O-]. The Morgan fingerprint density at radius 2 is 0.711 bits per heavy atom. The second-order valence-electron chi connectivity index (χ2n) is 10.6. The predicted molar refractivity (Wildman–Crippen MR) is 167 cm³/mol. The molecule has 38 heavy (non-hydrogen) atoms. The quantitative estimate of drug-likeness (QED) is 0.0719. The number of unbranched alkanes of at least 4 members (excludes halogenated alkanes) is 17. The summed E-state index contributed by atoms with van der Waals surface area (Å²) in [6.07, 6.45) is 51.7. The van der Waals surface area contributed by atoms with Gasteiger partial charge >= 0.3 is 0 Å². The first-order valence-corrected chi connectivity index (χ1v) is 16.2. The Kier molecular flexibility index (Phi) is 31.6. The van der Waals surface area contributed by atoms with Crippen LogP contribution >= 0.6 is 0 Å². The zero-order chi connectivity index (χ0) is 27.6. The fourth-order valence-corrected chi connectivity index (χ4v) is 4.55. The Morgan fingerprint density at radius 3 is 1.05 bits per heavy atom. The third kappa shape index (κ3) is 34.2. The van der Waals surface area contributed by atoms with Crippen LogP contribution in [0.25, 0.3) is 0 Å². The number of carbonyl (C=O) groups is 1. The van der Waals surface area contributed by atoms with Gasteiger partial charge in [0.15, 0.2) is 0 Å². The van der Waals surface area contributed by atoms with Gasteiger partial charge < -0.3 is 9.90 Å². The smallest absolute Gasteiger partial charge is 0.0414 e. The normalized spacial score (nSPS) is 12.4. The molecule has 0 N–H and O–H groups in total. The Bertz CT molecular complexity index is 623. The van der Waals surface area contributed by atoms with Gasteiger partial charge in [-0.15, -0.1) is 0 Å². The molecule has 0 aromatic carbocycles. The maximum absolute atomic E-state index is 10.4. The second kappa shape index (κ2) is 33.2. The summed E-state index contributed by atoms with van der Waals surface area (Å²) >= 11 is 0. The first-order valence-electron chi connectivity index (χ1n) is 16.2. The molecule has 0 fully saturated rings. The molecule has 0 saturated carbocycles. The van der Waals surface area contributed by atoms with E-state index in [1.54, 1.807) is 0 Å².